The number of nitrogen functional groups attached to an aromatic ring is 1. The second kappa shape index (κ2) is 6.13. The first-order valence-corrected chi connectivity index (χ1v) is 9.19. The summed E-state index contributed by atoms with van der Waals surface area (Å²) in [5.74, 6) is 0.00565. The topological polar surface area (TPSA) is 123 Å². The summed E-state index contributed by atoms with van der Waals surface area (Å²) in [6.45, 7) is -0.333. The predicted molar refractivity (Wildman–Crippen MR) is 102 cm³/mol. The number of urea groups is 1. The Hall–Kier alpha value is -3.75. The molecule has 0 bridgehead atoms. The summed E-state index contributed by atoms with van der Waals surface area (Å²) in [6, 6.07) is 10.1. The molecule has 9 heteroatoms. The summed E-state index contributed by atoms with van der Waals surface area (Å²) in [5, 5.41) is 5.43. The van der Waals surface area contributed by atoms with Gasteiger partial charge in [-0.1, -0.05) is 24.3 Å². The monoisotopic (exact) mass is 394 g/mol. The van der Waals surface area contributed by atoms with Crippen molar-refractivity contribution in [1.29, 1.82) is 0 Å². The second-order valence-corrected chi connectivity index (χ2v) is 7.22. The zero-order chi connectivity index (χ0) is 20.2. The molecule has 0 radical (unpaired) electrons. The third-order valence-corrected chi connectivity index (χ3v) is 5.54. The van der Waals surface area contributed by atoms with E-state index in [2.05, 4.69) is 10.6 Å². The van der Waals surface area contributed by atoms with Gasteiger partial charge in [-0.15, -0.1) is 0 Å². The smallest absolute Gasteiger partial charge is 0.325 e. The van der Waals surface area contributed by atoms with E-state index in [-0.39, 0.29) is 6.79 Å². The van der Waals surface area contributed by atoms with E-state index in [1.807, 2.05) is 24.3 Å². The highest BCUT2D eigenvalue weighted by atomic mass is 16.7. The van der Waals surface area contributed by atoms with Gasteiger partial charge in [-0.2, -0.15) is 0 Å². The van der Waals surface area contributed by atoms with Crippen LogP contribution in [0.3, 0.4) is 0 Å². The van der Waals surface area contributed by atoms with E-state index in [0.29, 0.717) is 35.7 Å². The molecule has 2 aromatic rings. The molecule has 1 saturated heterocycles. The Bertz CT molecular complexity index is 1070. The van der Waals surface area contributed by atoms with Crippen molar-refractivity contribution in [3.05, 3.63) is 47.5 Å². The van der Waals surface area contributed by atoms with Crippen LogP contribution in [0, 0.1) is 0 Å². The van der Waals surface area contributed by atoms with E-state index >= 15 is 0 Å². The first-order chi connectivity index (χ1) is 14.0. The summed E-state index contributed by atoms with van der Waals surface area (Å²) in [4.78, 5) is 39.1. The van der Waals surface area contributed by atoms with Gasteiger partial charge >= 0.3 is 6.03 Å². The molecule has 148 valence electrons. The molecule has 1 aliphatic carbocycles. The van der Waals surface area contributed by atoms with Gasteiger partial charge in [0.05, 0.1) is 11.4 Å². The Balaban J connectivity index is 1.34. The number of imide groups is 1. The number of nitrogens with one attached hydrogen (secondary N) is 2. The Labute approximate surface area is 165 Å². The Kier molecular flexibility index (Phi) is 3.67. The number of nitrogens with zero attached hydrogens (tertiary/aromatic N) is 1. The highest BCUT2D eigenvalue weighted by Gasteiger charge is 2.55. The van der Waals surface area contributed by atoms with Crippen molar-refractivity contribution in [1.82, 2.24) is 10.2 Å². The second-order valence-electron chi connectivity index (χ2n) is 7.22. The van der Waals surface area contributed by atoms with Crippen LogP contribution in [0.15, 0.2) is 36.4 Å². The fraction of sp³-hybridized carbons (Fsp3) is 0.250. The number of carbonyl (C=O) groups is 3. The molecule has 0 saturated carbocycles. The first kappa shape index (κ1) is 17.4. The minimum Gasteiger partial charge on any atom is -0.454 e. The van der Waals surface area contributed by atoms with Crippen molar-refractivity contribution >= 4 is 29.2 Å². The van der Waals surface area contributed by atoms with Crippen LogP contribution in [0.25, 0.3) is 0 Å². The number of hydrogen-bond acceptors (Lipinski definition) is 6. The zero-order valence-corrected chi connectivity index (χ0v) is 15.4. The Morgan fingerprint density at radius 3 is 2.79 bits per heavy atom. The SMILES string of the molecule is Nc1cc2c(cc1NC(=O)CN1C(=O)NC3(CCc4ccccc43)C1=O)OCO2. The number of hydrogen-bond donors (Lipinski definition) is 3. The van der Waals surface area contributed by atoms with Crippen molar-refractivity contribution in [3.63, 3.8) is 0 Å². The quantitative estimate of drug-likeness (QED) is 0.533. The maximum atomic E-state index is 13.1. The molecule has 5 rings (SSSR count). The maximum Gasteiger partial charge on any atom is 0.325 e. The molecule has 29 heavy (non-hydrogen) atoms. The van der Waals surface area contributed by atoms with Crippen LogP contribution in [0.1, 0.15) is 17.5 Å². The van der Waals surface area contributed by atoms with Gasteiger partial charge in [0.2, 0.25) is 12.7 Å². The lowest BCUT2D eigenvalue weighted by atomic mass is 9.92. The molecular weight excluding hydrogens is 376 g/mol. The molecule has 1 unspecified atom stereocenters. The number of carbonyl (C=O) groups excluding carboxylic acids is 3. The van der Waals surface area contributed by atoms with Crippen molar-refractivity contribution < 1.29 is 23.9 Å². The number of rotatable bonds is 3. The lowest BCUT2D eigenvalue weighted by molar-refractivity contribution is -0.134. The summed E-state index contributed by atoms with van der Waals surface area (Å²) in [7, 11) is 0. The molecule has 1 spiro atoms. The summed E-state index contributed by atoms with van der Waals surface area (Å²) < 4.78 is 10.5. The van der Waals surface area contributed by atoms with Crippen LogP contribution < -0.4 is 25.8 Å². The number of anilines is 2. The van der Waals surface area contributed by atoms with E-state index in [1.54, 1.807) is 12.1 Å². The fourth-order valence-electron chi connectivity index (χ4n) is 4.13. The Morgan fingerprint density at radius 1 is 1.21 bits per heavy atom. The molecule has 2 aromatic carbocycles. The summed E-state index contributed by atoms with van der Waals surface area (Å²) in [5.41, 5.74) is 7.29. The van der Waals surface area contributed by atoms with Crippen molar-refractivity contribution in [2.45, 2.75) is 18.4 Å². The van der Waals surface area contributed by atoms with Crippen LogP contribution in [0.4, 0.5) is 16.2 Å². The third-order valence-electron chi connectivity index (χ3n) is 5.54. The molecule has 2 heterocycles. The van der Waals surface area contributed by atoms with E-state index in [4.69, 9.17) is 15.2 Å². The molecule has 4 N–H and O–H groups in total. The van der Waals surface area contributed by atoms with Crippen LogP contribution in [0.2, 0.25) is 0 Å². The first-order valence-electron chi connectivity index (χ1n) is 9.19. The van der Waals surface area contributed by atoms with Crippen molar-refractivity contribution in [2.24, 2.45) is 0 Å². The highest BCUT2D eigenvalue weighted by molar-refractivity contribution is 6.11. The molecule has 1 atom stereocenters. The Morgan fingerprint density at radius 2 is 1.97 bits per heavy atom. The van der Waals surface area contributed by atoms with Gasteiger partial charge < -0.3 is 25.8 Å². The average Bonchev–Trinajstić information content (AvgIpc) is 3.36. The van der Waals surface area contributed by atoms with Gasteiger partial charge in [0.25, 0.3) is 5.91 Å². The van der Waals surface area contributed by atoms with Gasteiger partial charge in [-0.3, -0.25) is 14.5 Å². The number of nitrogens with two attached hydrogens (primary N) is 1. The fourth-order valence-corrected chi connectivity index (χ4v) is 4.13. The largest absolute Gasteiger partial charge is 0.454 e. The number of amides is 4. The summed E-state index contributed by atoms with van der Waals surface area (Å²) in [6.07, 6.45) is 1.17. The normalized spacial score (nSPS) is 21.4. The van der Waals surface area contributed by atoms with E-state index in [9.17, 15) is 14.4 Å². The van der Waals surface area contributed by atoms with E-state index in [0.717, 1.165) is 16.0 Å². The number of ether oxygens (including phenoxy) is 2. The van der Waals surface area contributed by atoms with E-state index < -0.39 is 29.9 Å². The predicted octanol–water partition coefficient (Wildman–Crippen LogP) is 1.33. The standard InChI is InChI=1S/C20H18N4O5/c21-13-7-15-16(29-10-28-15)8-14(13)22-17(25)9-24-18(26)20(23-19(24)27)6-5-11-3-1-2-4-12(11)20/h1-4,7-8H,5-6,9-10,21H2,(H,22,25)(H,23,27). The molecular formula is C20H18N4O5. The minimum atomic E-state index is -1.09. The van der Waals surface area contributed by atoms with Crippen LogP contribution in [-0.4, -0.2) is 36.1 Å². The number of fused-ring (bicyclic) bond motifs is 3. The van der Waals surface area contributed by atoms with Gasteiger partial charge in [0.1, 0.15) is 12.1 Å². The molecule has 4 amide bonds. The summed E-state index contributed by atoms with van der Waals surface area (Å²) >= 11 is 0. The van der Waals surface area contributed by atoms with Crippen LogP contribution in [-0.2, 0) is 21.5 Å². The van der Waals surface area contributed by atoms with Gasteiger partial charge in [-0.25, -0.2) is 4.79 Å². The van der Waals surface area contributed by atoms with Gasteiger partial charge in [-0.05, 0) is 24.0 Å². The van der Waals surface area contributed by atoms with Gasteiger partial charge in [0.15, 0.2) is 11.5 Å². The van der Waals surface area contributed by atoms with Crippen molar-refractivity contribution in [3.8, 4) is 11.5 Å². The van der Waals surface area contributed by atoms with E-state index in [1.165, 1.54) is 0 Å². The molecule has 3 aliphatic rings. The molecule has 0 aromatic heterocycles. The lowest BCUT2D eigenvalue weighted by Gasteiger charge is -2.22. The highest BCUT2D eigenvalue weighted by Crippen LogP contribution is 2.41. The molecule has 1 fully saturated rings. The molecule has 2 aliphatic heterocycles. The minimum absolute atomic E-state index is 0.0815. The third kappa shape index (κ3) is 2.58. The molecule has 9 nitrogen and oxygen atoms in total. The van der Waals surface area contributed by atoms with Crippen LogP contribution >= 0.6 is 0 Å². The number of benzene rings is 2. The maximum absolute atomic E-state index is 13.1. The zero-order valence-electron chi connectivity index (χ0n) is 15.4. The average molecular weight is 394 g/mol. The van der Waals surface area contributed by atoms with Gasteiger partial charge in [0, 0.05) is 12.1 Å². The number of aryl methyl sites for hydroxylation is 1. The lowest BCUT2D eigenvalue weighted by Crippen LogP contribution is -2.43. The van der Waals surface area contributed by atoms with Crippen LogP contribution in [0.5, 0.6) is 11.5 Å². The van der Waals surface area contributed by atoms with Crippen molar-refractivity contribution in [2.75, 3.05) is 24.4 Å².